The van der Waals surface area contributed by atoms with Crippen molar-refractivity contribution in [3.8, 4) is 0 Å². The highest BCUT2D eigenvalue weighted by Crippen LogP contribution is 2.17. The molecule has 1 atom stereocenters. The Kier molecular flexibility index (Phi) is 3.51. The van der Waals surface area contributed by atoms with E-state index >= 15 is 0 Å². The van der Waals surface area contributed by atoms with E-state index in [1.807, 2.05) is 54.6 Å². The van der Waals surface area contributed by atoms with Gasteiger partial charge in [-0.2, -0.15) is 0 Å². The molecule has 0 N–H and O–H groups in total. The number of benzene rings is 1. The molecule has 1 aliphatic rings. The molecule has 1 aliphatic carbocycles. The van der Waals surface area contributed by atoms with Crippen molar-refractivity contribution >= 4 is 11.9 Å². The molecule has 0 fully saturated rings. The minimum atomic E-state index is -0.173. The number of hydrogen-bond donors (Lipinski definition) is 0. The predicted molar refractivity (Wildman–Crippen MR) is 71.4 cm³/mol. The summed E-state index contributed by atoms with van der Waals surface area (Å²) < 4.78 is 0. The Morgan fingerprint density at radius 3 is 2.65 bits per heavy atom. The lowest BCUT2D eigenvalue weighted by Gasteiger charge is -2.11. The van der Waals surface area contributed by atoms with Gasteiger partial charge in [-0.3, -0.25) is 4.79 Å². The van der Waals surface area contributed by atoms with Crippen molar-refractivity contribution in [2.45, 2.75) is 0 Å². The van der Waals surface area contributed by atoms with Crippen LogP contribution in [-0.2, 0) is 4.79 Å². The van der Waals surface area contributed by atoms with Crippen LogP contribution in [-0.4, -0.2) is 5.78 Å². The monoisotopic (exact) mass is 222 g/mol. The Morgan fingerprint density at radius 2 is 1.94 bits per heavy atom. The third-order valence-electron chi connectivity index (χ3n) is 2.70. The number of rotatable bonds is 3. The highest BCUT2D eigenvalue weighted by atomic mass is 16.1. The molecule has 0 bridgehead atoms. The van der Waals surface area contributed by atoms with Crippen LogP contribution in [0.3, 0.4) is 0 Å². The van der Waals surface area contributed by atoms with Crippen molar-refractivity contribution in [1.82, 2.24) is 0 Å². The van der Waals surface area contributed by atoms with Crippen LogP contribution in [0.25, 0.3) is 6.08 Å². The zero-order valence-corrected chi connectivity index (χ0v) is 9.54. The molecule has 0 aromatic heterocycles. The number of carbonyl (C=O) groups is 1. The quantitative estimate of drug-likeness (QED) is 0.764. The summed E-state index contributed by atoms with van der Waals surface area (Å²) >= 11 is 0. The highest BCUT2D eigenvalue weighted by Gasteiger charge is 2.17. The van der Waals surface area contributed by atoms with Crippen molar-refractivity contribution < 1.29 is 4.79 Å². The molecule has 1 nitrogen and oxygen atoms in total. The molecule has 0 saturated carbocycles. The third-order valence-corrected chi connectivity index (χ3v) is 2.70. The van der Waals surface area contributed by atoms with Gasteiger partial charge < -0.3 is 0 Å². The first kappa shape index (κ1) is 11.3. The molecule has 0 aliphatic heterocycles. The Hall–Kier alpha value is -2.15. The Bertz CT molecular complexity index is 504. The van der Waals surface area contributed by atoms with Gasteiger partial charge in [-0.15, -0.1) is 0 Å². The predicted octanol–water partition coefficient (Wildman–Crippen LogP) is 3.57. The fourth-order valence-corrected chi connectivity index (χ4v) is 1.74. The second kappa shape index (κ2) is 5.26. The molecule has 0 heterocycles. The van der Waals surface area contributed by atoms with Gasteiger partial charge >= 0.3 is 0 Å². The van der Waals surface area contributed by atoms with Gasteiger partial charge in [0.2, 0.25) is 0 Å². The minimum absolute atomic E-state index is 0.106. The average Bonchev–Trinajstić information content (AvgIpc) is 2.39. The molecule has 1 aromatic rings. The fraction of sp³-hybridized carbons (Fsp3) is 0.0625. The molecule has 1 unspecified atom stereocenters. The first-order chi connectivity index (χ1) is 8.31. The summed E-state index contributed by atoms with van der Waals surface area (Å²) in [4.78, 5) is 11.9. The topological polar surface area (TPSA) is 17.1 Å². The first-order valence-electron chi connectivity index (χ1n) is 5.59. The summed E-state index contributed by atoms with van der Waals surface area (Å²) in [6, 6.07) is 9.96. The maximum atomic E-state index is 11.9. The Morgan fingerprint density at radius 1 is 1.18 bits per heavy atom. The van der Waals surface area contributed by atoms with E-state index in [4.69, 9.17) is 0 Å². The zero-order chi connectivity index (χ0) is 12.1. The molecule has 1 aromatic carbocycles. The smallest absolute Gasteiger partial charge is 0.173 e. The van der Waals surface area contributed by atoms with Crippen LogP contribution in [0.15, 0.2) is 72.9 Å². The van der Waals surface area contributed by atoms with Crippen LogP contribution in [0.2, 0.25) is 0 Å². The van der Waals surface area contributed by atoms with E-state index in [2.05, 4.69) is 6.58 Å². The minimum Gasteiger partial charge on any atom is -0.293 e. The maximum absolute atomic E-state index is 11.9. The average molecular weight is 222 g/mol. The summed E-state index contributed by atoms with van der Waals surface area (Å²) in [5, 5.41) is 0. The number of carbonyl (C=O) groups excluding carboxylic acids is 1. The molecular weight excluding hydrogens is 208 g/mol. The van der Waals surface area contributed by atoms with Gasteiger partial charge in [0.1, 0.15) is 0 Å². The normalized spacial score (nSPS) is 19.4. The van der Waals surface area contributed by atoms with E-state index in [0.717, 1.165) is 5.56 Å². The van der Waals surface area contributed by atoms with Gasteiger partial charge in [0.15, 0.2) is 5.78 Å². The summed E-state index contributed by atoms with van der Waals surface area (Å²) in [7, 11) is 0. The van der Waals surface area contributed by atoms with Crippen molar-refractivity contribution in [3.05, 3.63) is 78.4 Å². The van der Waals surface area contributed by atoms with Crippen molar-refractivity contribution in [3.63, 3.8) is 0 Å². The van der Waals surface area contributed by atoms with Crippen LogP contribution in [0.1, 0.15) is 5.56 Å². The van der Waals surface area contributed by atoms with Gasteiger partial charge in [0.25, 0.3) is 0 Å². The molecule has 84 valence electrons. The van der Waals surface area contributed by atoms with Crippen LogP contribution >= 0.6 is 0 Å². The lowest BCUT2D eigenvalue weighted by molar-refractivity contribution is -0.116. The van der Waals surface area contributed by atoms with Crippen molar-refractivity contribution in [2.24, 2.45) is 5.92 Å². The first-order valence-corrected chi connectivity index (χ1v) is 5.59. The van der Waals surface area contributed by atoms with Crippen molar-refractivity contribution in [2.75, 3.05) is 0 Å². The largest absolute Gasteiger partial charge is 0.293 e. The Labute approximate surface area is 101 Å². The van der Waals surface area contributed by atoms with E-state index in [-0.39, 0.29) is 11.7 Å². The van der Waals surface area contributed by atoms with Gasteiger partial charge in [-0.05, 0) is 5.56 Å². The summed E-state index contributed by atoms with van der Waals surface area (Å²) in [5.74, 6) is -0.0668. The molecule has 17 heavy (non-hydrogen) atoms. The van der Waals surface area contributed by atoms with E-state index in [0.29, 0.717) is 5.57 Å². The van der Waals surface area contributed by atoms with Crippen LogP contribution in [0.5, 0.6) is 0 Å². The van der Waals surface area contributed by atoms with E-state index in [9.17, 15) is 4.79 Å². The maximum Gasteiger partial charge on any atom is 0.173 e. The molecular formula is C16H14O. The van der Waals surface area contributed by atoms with Gasteiger partial charge in [0.05, 0.1) is 5.92 Å². The number of ketones is 1. The molecule has 1 heteroatoms. The summed E-state index contributed by atoms with van der Waals surface area (Å²) in [6.45, 7) is 3.64. The summed E-state index contributed by atoms with van der Waals surface area (Å²) in [6.07, 6.45) is 11.1. The molecule has 2 rings (SSSR count). The number of allylic oxidation sites excluding steroid dienone is 6. The molecule has 0 radical (unpaired) electrons. The van der Waals surface area contributed by atoms with Crippen LogP contribution in [0, 0.1) is 5.92 Å². The lowest BCUT2D eigenvalue weighted by atomic mass is 9.92. The Balaban J connectivity index is 2.13. The van der Waals surface area contributed by atoms with Gasteiger partial charge in [0, 0.05) is 5.57 Å². The zero-order valence-electron chi connectivity index (χ0n) is 9.54. The van der Waals surface area contributed by atoms with E-state index in [1.54, 1.807) is 12.2 Å². The van der Waals surface area contributed by atoms with E-state index < -0.39 is 0 Å². The molecule has 0 saturated heterocycles. The van der Waals surface area contributed by atoms with Crippen molar-refractivity contribution in [1.29, 1.82) is 0 Å². The third kappa shape index (κ3) is 2.70. The van der Waals surface area contributed by atoms with Gasteiger partial charge in [-0.1, -0.05) is 73.4 Å². The number of Topliss-reactive ketones (excluding diaryl/α,β-unsaturated/α-hetero) is 1. The highest BCUT2D eigenvalue weighted by molar-refractivity contribution is 6.03. The molecule has 0 spiro atoms. The van der Waals surface area contributed by atoms with Gasteiger partial charge in [-0.25, -0.2) is 0 Å². The van der Waals surface area contributed by atoms with Crippen LogP contribution < -0.4 is 0 Å². The van der Waals surface area contributed by atoms with Crippen LogP contribution in [0.4, 0.5) is 0 Å². The second-order valence-electron chi connectivity index (χ2n) is 3.87. The fourth-order valence-electron chi connectivity index (χ4n) is 1.74. The summed E-state index contributed by atoms with van der Waals surface area (Å²) in [5.41, 5.74) is 1.78. The molecule has 0 amide bonds. The second-order valence-corrected chi connectivity index (χ2v) is 3.87. The lowest BCUT2D eigenvalue weighted by Crippen LogP contribution is -2.13. The standard InChI is InChI=1S/C16H14O/c1-2-14-9-6-10-15(16(14)17)12-11-13-7-4-3-5-8-13/h2-12,15H,1H2. The SMILES string of the molecule is C=CC1=CC=CC(C=Cc2ccccc2)C1=O. The van der Waals surface area contributed by atoms with E-state index in [1.165, 1.54) is 0 Å². The number of hydrogen-bond acceptors (Lipinski definition) is 1.